The van der Waals surface area contributed by atoms with E-state index in [0.29, 0.717) is 22.5 Å². The molecule has 2 N–H and O–H groups in total. The van der Waals surface area contributed by atoms with Gasteiger partial charge in [0.2, 0.25) is 5.76 Å². The van der Waals surface area contributed by atoms with Crippen molar-refractivity contribution in [2.75, 3.05) is 14.2 Å². The molecule has 2 aromatic carbocycles. The maximum Gasteiger partial charge on any atom is 0.305 e. The quantitative estimate of drug-likeness (QED) is 0.527. The van der Waals surface area contributed by atoms with Crippen LogP contribution in [0.25, 0.3) is 11.0 Å². The molecule has 0 aliphatic rings. The molecule has 0 aliphatic heterocycles. The summed E-state index contributed by atoms with van der Waals surface area (Å²) in [5.41, 5.74) is 3.13. The van der Waals surface area contributed by atoms with E-state index in [1.54, 1.807) is 25.3 Å². The Labute approximate surface area is 143 Å². The summed E-state index contributed by atoms with van der Waals surface area (Å²) in [6, 6.07) is 14.9. The Kier molecular flexibility index (Phi) is 4.93. The van der Waals surface area contributed by atoms with Crippen molar-refractivity contribution in [2.24, 2.45) is 0 Å². The highest BCUT2D eigenvalue weighted by atomic mass is 32.2. The fraction of sp³-hybridized carbons (Fsp3) is 0.118. The lowest BCUT2D eigenvalue weighted by atomic mass is 10.2. The molecule has 0 fully saturated rings. The lowest BCUT2D eigenvalue weighted by Gasteiger charge is -2.06. The number of amides is 1. The number of hydrazine groups is 1. The summed E-state index contributed by atoms with van der Waals surface area (Å²) in [6.07, 6.45) is 0. The summed E-state index contributed by atoms with van der Waals surface area (Å²) in [4.78, 5) is 16.1. The van der Waals surface area contributed by atoms with Crippen molar-refractivity contribution in [3.05, 3.63) is 54.3 Å². The molecule has 0 spiro atoms. The van der Waals surface area contributed by atoms with Crippen LogP contribution in [0.4, 0.5) is 0 Å². The third-order valence-electron chi connectivity index (χ3n) is 3.34. The SMILES string of the molecule is COc1ccc2oc(C(=O)NNSc3ccccc3)c(OC)c2c1. The second-order valence-corrected chi connectivity index (χ2v) is 5.68. The number of furan rings is 1. The molecular formula is C17H16N2O4S. The minimum atomic E-state index is -0.426. The van der Waals surface area contributed by atoms with E-state index in [0.717, 1.165) is 4.90 Å². The summed E-state index contributed by atoms with van der Waals surface area (Å²) < 4.78 is 16.1. The number of hydrogen-bond acceptors (Lipinski definition) is 6. The number of methoxy groups -OCH3 is 2. The molecule has 1 heterocycles. The van der Waals surface area contributed by atoms with Crippen LogP contribution in [0.3, 0.4) is 0 Å². The van der Waals surface area contributed by atoms with Gasteiger partial charge in [-0.15, -0.1) is 0 Å². The topological polar surface area (TPSA) is 72.7 Å². The van der Waals surface area contributed by atoms with E-state index >= 15 is 0 Å². The Hall–Kier alpha value is -2.64. The molecule has 1 amide bonds. The van der Waals surface area contributed by atoms with Crippen LogP contribution in [0.2, 0.25) is 0 Å². The predicted molar refractivity (Wildman–Crippen MR) is 92.2 cm³/mol. The van der Waals surface area contributed by atoms with E-state index in [1.165, 1.54) is 19.1 Å². The number of ether oxygens (including phenoxy) is 2. The van der Waals surface area contributed by atoms with Gasteiger partial charge in [-0.1, -0.05) is 18.2 Å². The van der Waals surface area contributed by atoms with Gasteiger partial charge in [0.25, 0.3) is 0 Å². The normalized spacial score (nSPS) is 10.6. The highest BCUT2D eigenvalue weighted by Crippen LogP contribution is 2.35. The van der Waals surface area contributed by atoms with Crippen LogP contribution >= 0.6 is 11.9 Å². The molecule has 3 aromatic rings. The number of fused-ring (bicyclic) bond motifs is 1. The molecule has 0 aliphatic carbocycles. The van der Waals surface area contributed by atoms with E-state index < -0.39 is 5.91 Å². The summed E-state index contributed by atoms with van der Waals surface area (Å²) in [6.45, 7) is 0. The van der Waals surface area contributed by atoms with Gasteiger partial charge in [0.1, 0.15) is 11.3 Å². The van der Waals surface area contributed by atoms with Crippen molar-refractivity contribution in [1.29, 1.82) is 0 Å². The second kappa shape index (κ2) is 7.29. The summed E-state index contributed by atoms with van der Waals surface area (Å²) >= 11 is 1.29. The number of carbonyl (C=O) groups excluding carboxylic acids is 1. The van der Waals surface area contributed by atoms with Crippen LogP contribution < -0.4 is 19.7 Å². The Balaban J connectivity index is 1.76. The van der Waals surface area contributed by atoms with Gasteiger partial charge in [-0.25, -0.2) is 0 Å². The molecule has 6 nitrogen and oxygen atoms in total. The van der Waals surface area contributed by atoms with E-state index in [2.05, 4.69) is 10.3 Å². The van der Waals surface area contributed by atoms with Gasteiger partial charge in [-0.3, -0.25) is 10.2 Å². The molecule has 1 aromatic heterocycles. The van der Waals surface area contributed by atoms with Gasteiger partial charge in [0.05, 0.1) is 19.6 Å². The fourth-order valence-corrected chi connectivity index (χ4v) is 2.76. The lowest BCUT2D eigenvalue weighted by molar-refractivity contribution is 0.0917. The van der Waals surface area contributed by atoms with Gasteiger partial charge in [-0.2, -0.15) is 4.83 Å². The molecule has 0 saturated carbocycles. The molecule has 124 valence electrons. The number of benzene rings is 2. The summed E-state index contributed by atoms with van der Waals surface area (Å²) in [7, 11) is 3.07. The van der Waals surface area contributed by atoms with E-state index in [9.17, 15) is 4.79 Å². The van der Waals surface area contributed by atoms with Crippen molar-refractivity contribution < 1.29 is 18.7 Å². The van der Waals surface area contributed by atoms with Gasteiger partial charge >= 0.3 is 5.91 Å². The van der Waals surface area contributed by atoms with Crippen LogP contribution in [-0.4, -0.2) is 20.1 Å². The van der Waals surface area contributed by atoms with Gasteiger partial charge in [-0.05, 0) is 42.3 Å². The molecule has 0 bridgehead atoms. The van der Waals surface area contributed by atoms with Crippen molar-refractivity contribution in [3.8, 4) is 11.5 Å². The highest BCUT2D eigenvalue weighted by molar-refractivity contribution is 7.97. The molecular weight excluding hydrogens is 328 g/mol. The summed E-state index contributed by atoms with van der Waals surface area (Å²) in [5.74, 6) is 0.701. The molecule has 24 heavy (non-hydrogen) atoms. The zero-order valence-corrected chi connectivity index (χ0v) is 14.0. The van der Waals surface area contributed by atoms with Crippen LogP contribution in [0.5, 0.6) is 11.5 Å². The molecule has 0 atom stereocenters. The lowest BCUT2D eigenvalue weighted by Crippen LogP contribution is -2.32. The Morgan fingerprint density at radius 1 is 1.08 bits per heavy atom. The first-order valence-electron chi connectivity index (χ1n) is 7.14. The first-order chi connectivity index (χ1) is 11.7. The molecule has 0 radical (unpaired) electrons. The number of rotatable bonds is 6. The maximum atomic E-state index is 12.3. The van der Waals surface area contributed by atoms with Gasteiger partial charge in [0, 0.05) is 4.90 Å². The molecule has 0 unspecified atom stereocenters. The highest BCUT2D eigenvalue weighted by Gasteiger charge is 2.22. The zero-order chi connectivity index (χ0) is 16.9. The van der Waals surface area contributed by atoms with Crippen molar-refractivity contribution in [3.63, 3.8) is 0 Å². The molecule has 7 heteroatoms. The number of nitrogens with one attached hydrogen (secondary N) is 2. The van der Waals surface area contributed by atoms with Crippen LogP contribution in [0.15, 0.2) is 57.8 Å². The van der Waals surface area contributed by atoms with Crippen molar-refractivity contribution in [2.45, 2.75) is 4.90 Å². The Bertz CT molecular complexity index is 848. The molecule has 3 rings (SSSR count). The number of carbonyl (C=O) groups is 1. The van der Waals surface area contributed by atoms with Crippen LogP contribution in [0, 0.1) is 0 Å². The van der Waals surface area contributed by atoms with Gasteiger partial charge in [0.15, 0.2) is 5.75 Å². The fourth-order valence-electron chi connectivity index (χ4n) is 2.21. The zero-order valence-electron chi connectivity index (χ0n) is 13.2. The first-order valence-corrected chi connectivity index (χ1v) is 7.96. The van der Waals surface area contributed by atoms with Crippen LogP contribution in [-0.2, 0) is 0 Å². The smallest absolute Gasteiger partial charge is 0.305 e. The largest absolute Gasteiger partial charge is 0.497 e. The molecule has 0 saturated heterocycles. The van der Waals surface area contributed by atoms with E-state index in [4.69, 9.17) is 13.9 Å². The second-order valence-electron chi connectivity index (χ2n) is 4.80. The third-order valence-corrected chi connectivity index (χ3v) is 4.05. The minimum Gasteiger partial charge on any atom is -0.497 e. The maximum absolute atomic E-state index is 12.3. The number of hydrogen-bond donors (Lipinski definition) is 2. The van der Waals surface area contributed by atoms with Crippen molar-refractivity contribution in [1.82, 2.24) is 10.3 Å². The van der Waals surface area contributed by atoms with Crippen LogP contribution in [0.1, 0.15) is 10.6 Å². The van der Waals surface area contributed by atoms with Crippen molar-refractivity contribution >= 4 is 28.8 Å². The minimum absolute atomic E-state index is 0.0990. The standard InChI is InChI=1S/C17H16N2O4S/c1-21-11-8-9-14-13(10-11)15(22-2)16(23-14)17(20)18-19-24-12-6-4-3-5-7-12/h3-10,19H,1-2H3,(H,18,20). The van der Waals surface area contributed by atoms with E-state index in [-0.39, 0.29) is 5.76 Å². The first kappa shape index (κ1) is 16.2. The monoisotopic (exact) mass is 344 g/mol. The Morgan fingerprint density at radius 2 is 1.88 bits per heavy atom. The van der Waals surface area contributed by atoms with Gasteiger partial charge < -0.3 is 13.9 Å². The Morgan fingerprint density at radius 3 is 2.58 bits per heavy atom. The predicted octanol–water partition coefficient (Wildman–Crippen LogP) is 3.39. The average molecular weight is 344 g/mol. The van der Waals surface area contributed by atoms with E-state index in [1.807, 2.05) is 30.3 Å². The average Bonchev–Trinajstić information content (AvgIpc) is 3.00. The third kappa shape index (κ3) is 3.32. The summed E-state index contributed by atoms with van der Waals surface area (Å²) in [5, 5.41) is 0.678.